The second-order valence-electron chi connectivity index (χ2n) is 5.41. The van der Waals surface area contributed by atoms with Crippen LogP contribution in [0.1, 0.15) is 25.7 Å². The summed E-state index contributed by atoms with van der Waals surface area (Å²) in [6, 6.07) is 22.0. The van der Waals surface area contributed by atoms with Crippen LogP contribution in [-0.4, -0.2) is 11.3 Å². The molecule has 0 atom stereocenters. The molecule has 2 aromatic rings. The van der Waals surface area contributed by atoms with Gasteiger partial charge in [-0.2, -0.15) is 0 Å². The lowest BCUT2D eigenvalue weighted by Gasteiger charge is -2.29. The van der Waals surface area contributed by atoms with Gasteiger partial charge in [-0.25, -0.2) is 0 Å². The highest BCUT2D eigenvalue weighted by atomic mass is 32.2. The van der Waals surface area contributed by atoms with E-state index in [-0.39, 0.29) is 0 Å². The highest BCUT2D eigenvalue weighted by Crippen LogP contribution is 2.34. The van der Waals surface area contributed by atoms with Crippen molar-refractivity contribution in [1.29, 1.82) is 0 Å². The second kappa shape index (κ2) is 6.85. The average Bonchev–Trinajstić information content (AvgIpc) is 2.51. The summed E-state index contributed by atoms with van der Waals surface area (Å²) in [5, 5.41) is 4.44. The van der Waals surface area contributed by atoms with Gasteiger partial charge in [0.05, 0.1) is 0 Å². The fourth-order valence-corrected chi connectivity index (χ4v) is 3.99. The first-order chi connectivity index (χ1) is 9.90. The summed E-state index contributed by atoms with van der Waals surface area (Å²) in [5.41, 5.74) is 1.26. The maximum absolute atomic E-state index is 3.66. The van der Waals surface area contributed by atoms with E-state index in [4.69, 9.17) is 0 Å². The molecule has 1 aliphatic carbocycles. The van der Waals surface area contributed by atoms with Gasteiger partial charge >= 0.3 is 0 Å². The smallest absolute Gasteiger partial charge is 0.0342 e. The van der Waals surface area contributed by atoms with Crippen molar-refractivity contribution < 1.29 is 0 Å². The molecule has 1 aliphatic rings. The van der Waals surface area contributed by atoms with Crippen molar-refractivity contribution in [2.75, 3.05) is 5.32 Å². The minimum atomic E-state index is 0.644. The fourth-order valence-electron chi connectivity index (χ4n) is 2.79. The Bertz CT molecular complexity index is 454. The third-order valence-electron chi connectivity index (χ3n) is 3.86. The van der Waals surface area contributed by atoms with E-state index in [2.05, 4.69) is 66.0 Å². The third kappa shape index (κ3) is 3.80. The van der Waals surface area contributed by atoms with Crippen molar-refractivity contribution in [3.63, 3.8) is 0 Å². The zero-order valence-electron chi connectivity index (χ0n) is 11.7. The van der Waals surface area contributed by atoms with Crippen LogP contribution in [0.5, 0.6) is 0 Å². The van der Waals surface area contributed by atoms with Gasteiger partial charge in [0.1, 0.15) is 0 Å². The summed E-state index contributed by atoms with van der Waals surface area (Å²) in [5.74, 6) is 0. The van der Waals surface area contributed by atoms with Crippen LogP contribution in [0.25, 0.3) is 0 Å². The lowest BCUT2D eigenvalue weighted by molar-refractivity contribution is 0.473. The number of benzene rings is 2. The van der Waals surface area contributed by atoms with E-state index in [1.807, 2.05) is 11.8 Å². The first kappa shape index (κ1) is 13.6. The molecule has 3 rings (SSSR count). The number of nitrogens with one attached hydrogen (secondary N) is 1. The van der Waals surface area contributed by atoms with Crippen LogP contribution in [0.3, 0.4) is 0 Å². The molecule has 2 heteroatoms. The Kier molecular flexibility index (Phi) is 4.65. The van der Waals surface area contributed by atoms with Crippen LogP contribution in [-0.2, 0) is 0 Å². The van der Waals surface area contributed by atoms with E-state index >= 15 is 0 Å². The molecule has 0 amide bonds. The molecule has 104 valence electrons. The number of hydrogen-bond donors (Lipinski definition) is 1. The Morgan fingerprint density at radius 1 is 0.750 bits per heavy atom. The van der Waals surface area contributed by atoms with Gasteiger partial charge in [0, 0.05) is 21.9 Å². The number of thioether (sulfide) groups is 1. The van der Waals surface area contributed by atoms with Crippen LogP contribution < -0.4 is 5.32 Å². The molecule has 0 heterocycles. The molecule has 1 nitrogen and oxygen atoms in total. The van der Waals surface area contributed by atoms with Crippen LogP contribution in [0.2, 0.25) is 0 Å². The summed E-state index contributed by atoms with van der Waals surface area (Å²) in [4.78, 5) is 1.41. The minimum absolute atomic E-state index is 0.644. The maximum Gasteiger partial charge on any atom is 0.0342 e. The minimum Gasteiger partial charge on any atom is -0.382 e. The Morgan fingerprint density at radius 2 is 1.35 bits per heavy atom. The second-order valence-corrected chi connectivity index (χ2v) is 6.79. The molecule has 0 bridgehead atoms. The summed E-state index contributed by atoms with van der Waals surface area (Å²) in [6.45, 7) is 0. The zero-order chi connectivity index (χ0) is 13.6. The average molecular weight is 283 g/mol. The van der Waals surface area contributed by atoms with Gasteiger partial charge in [0.15, 0.2) is 0 Å². The predicted molar refractivity (Wildman–Crippen MR) is 88.4 cm³/mol. The summed E-state index contributed by atoms with van der Waals surface area (Å²) in [6.07, 6.45) is 5.17. The van der Waals surface area contributed by atoms with E-state index in [1.54, 1.807) is 0 Å². The highest BCUT2D eigenvalue weighted by Gasteiger charge is 2.21. The van der Waals surface area contributed by atoms with Crippen molar-refractivity contribution in [1.82, 2.24) is 0 Å². The molecule has 1 saturated carbocycles. The first-order valence-electron chi connectivity index (χ1n) is 7.43. The standard InChI is InChI=1S/C18H21NS/c1-3-7-15(8-4-1)19-16-11-13-18(14-12-16)20-17-9-5-2-6-10-17/h1-10,16,18-19H,11-14H2. The van der Waals surface area contributed by atoms with Crippen LogP contribution >= 0.6 is 11.8 Å². The van der Waals surface area contributed by atoms with Gasteiger partial charge in [-0.3, -0.25) is 0 Å². The normalized spacial score (nSPS) is 22.4. The molecule has 2 aromatic carbocycles. The summed E-state index contributed by atoms with van der Waals surface area (Å²) in [7, 11) is 0. The highest BCUT2D eigenvalue weighted by molar-refractivity contribution is 8.00. The Balaban J connectivity index is 1.47. The topological polar surface area (TPSA) is 12.0 Å². The van der Waals surface area contributed by atoms with Crippen LogP contribution in [0, 0.1) is 0 Å². The van der Waals surface area contributed by atoms with Gasteiger partial charge < -0.3 is 5.32 Å². The van der Waals surface area contributed by atoms with Gasteiger partial charge in [0.25, 0.3) is 0 Å². The molecular weight excluding hydrogens is 262 g/mol. The predicted octanol–water partition coefficient (Wildman–Crippen LogP) is 5.20. The Morgan fingerprint density at radius 3 is 2.00 bits per heavy atom. The summed E-state index contributed by atoms with van der Waals surface area (Å²) >= 11 is 2.05. The fraction of sp³-hybridized carbons (Fsp3) is 0.333. The van der Waals surface area contributed by atoms with Gasteiger partial charge in [-0.15, -0.1) is 11.8 Å². The van der Waals surface area contributed by atoms with Crippen molar-refractivity contribution >= 4 is 17.4 Å². The molecule has 0 saturated heterocycles. The van der Waals surface area contributed by atoms with E-state index in [1.165, 1.54) is 36.3 Å². The van der Waals surface area contributed by atoms with E-state index in [9.17, 15) is 0 Å². The van der Waals surface area contributed by atoms with E-state index in [0.29, 0.717) is 6.04 Å². The van der Waals surface area contributed by atoms with Gasteiger partial charge in [-0.05, 0) is 49.9 Å². The molecular formula is C18H21NS. The van der Waals surface area contributed by atoms with Crippen molar-refractivity contribution in [2.24, 2.45) is 0 Å². The monoisotopic (exact) mass is 283 g/mol. The molecule has 0 spiro atoms. The van der Waals surface area contributed by atoms with Crippen molar-refractivity contribution in [3.05, 3.63) is 60.7 Å². The maximum atomic E-state index is 3.66. The summed E-state index contributed by atoms with van der Waals surface area (Å²) < 4.78 is 0. The lowest BCUT2D eigenvalue weighted by atomic mass is 9.95. The molecule has 0 aromatic heterocycles. The largest absolute Gasteiger partial charge is 0.382 e. The Labute approximate surface area is 125 Å². The van der Waals surface area contributed by atoms with Gasteiger partial charge in [0.2, 0.25) is 0 Å². The van der Waals surface area contributed by atoms with E-state index < -0.39 is 0 Å². The number of anilines is 1. The molecule has 1 N–H and O–H groups in total. The quantitative estimate of drug-likeness (QED) is 0.827. The van der Waals surface area contributed by atoms with Crippen LogP contribution in [0.15, 0.2) is 65.6 Å². The van der Waals surface area contributed by atoms with Crippen molar-refractivity contribution in [3.8, 4) is 0 Å². The number of hydrogen-bond acceptors (Lipinski definition) is 2. The molecule has 0 unspecified atom stereocenters. The number of rotatable bonds is 4. The molecule has 0 aliphatic heterocycles. The lowest BCUT2D eigenvalue weighted by Crippen LogP contribution is -2.27. The molecule has 20 heavy (non-hydrogen) atoms. The van der Waals surface area contributed by atoms with Gasteiger partial charge in [-0.1, -0.05) is 36.4 Å². The molecule has 1 fully saturated rings. The third-order valence-corrected chi connectivity index (χ3v) is 5.21. The molecule has 0 radical (unpaired) electrons. The van der Waals surface area contributed by atoms with Crippen molar-refractivity contribution in [2.45, 2.75) is 41.9 Å². The van der Waals surface area contributed by atoms with Crippen LogP contribution in [0.4, 0.5) is 5.69 Å². The Hall–Kier alpha value is -1.41. The van der Waals surface area contributed by atoms with E-state index in [0.717, 1.165) is 5.25 Å². The zero-order valence-corrected chi connectivity index (χ0v) is 12.5. The SMILES string of the molecule is c1ccc(NC2CCC(Sc3ccccc3)CC2)cc1. The first-order valence-corrected chi connectivity index (χ1v) is 8.31. The number of para-hydroxylation sites is 1.